The first-order valence-electron chi connectivity index (χ1n) is 5.95. The number of thioether (sulfide) groups is 2. The fraction of sp³-hybridized carbons (Fsp3) is 0.417. The quantitative estimate of drug-likeness (QED) is 0.621. The second-order valence-corrected chi connectivity index (χ2v) is 8.33. The highest BCUT2D eigenvalue weighted by Gasteiger charge is 2.23. The fourth-order valence-electron chi connectivity index (χ4n) is 1.94. The molecule has 1 fully saturated rings. The third-order valence-corrected chi connectivity index (χ3v) is 6.56. The topological polar surface area (TPSA) is 27.6 Å². The number of fused-ring (bicyclic) bond motifs is 1. The number of hydrogen-bond donors (Lipinski definition) is 1. The highest BCUT2D eigenvalue weighted by molar-refractivity contribution is 9.11. The number of halogens is 2. The maximum Gasteiger partial charge on any atom is 0.162 e. The van der Waals surface area contributed by atoms with E-state index in [0.717, 1.165) is 34.8 Å². The lowest BCUT2D eigenvalue weighted by Gasteiger charge is -2.21. The van der Waals surface area contributed by atoms with Crippen molar-refractivity contribution in [1.29, 1.82) is 0 Å². The average molecular weight is 379 g/mol. The first kappa shape index (κ1) is 14.1. The monoisotopic (exact) mass is 377 g/mol. The van der Waals surface area contributed by atoms with Crippen molar-refractivity contribution < 1.29 is 0 Å². The number of aliphatic imine (C=N–C) groups is 1. The molecule has 1 unspecified atom stereocenters. The van der Waals surface area contributed by atoms with Gasteiger partial charge in [0, 0.05) is 23.0 Å². The van der Waals surface area contributed by atoms with E-state index < -0.39 is 0 Å². The highest BCUT2D eigenvalue weighted by atomic mass is 79.9. The van der Waals surface area contributed by atoms with Crippen LogP contribution in [0.2, 0.25) is 5.02 Å². The maximum atomic E-state index is 6.02. The van der Waals surface area contributed by atoms with Crippen molar-refractivity contribution in [2.24, 2.45) is 4.99 Å². The van der Waals surface area contributed by atoms with Crippen molar-refractivity contribution in [3.63, 3.8) is 0 Å². The van der Waals surface area contributed by atoms with Gasteiger partial charge < -0.3 is 5.32 Å². The van der Waals surface area contributed by atoms with Crippen LogP contribution in [0.5, 0.6) is 0 Å². The minimum atomic E-state index is 0.436. The summed E-state index contributed by atoms with van der Waals surface area (Å²) in [6.07, 6.45) is 0. The number of amidine groups is 1. The van der Waals surface area contributed by atoms with Crippen molar-refractivity contribution in [1.82, 2.24) is 4.90 Å². The summed E-state index contributed by atoms with van der Waals surface area (Å²) in [7, 11) is 0. The van der Waals surface area contributed by atoms with Crippen LogP contribution in [0.25, 0.3) is 0 Å². The van der Waals surface area contributed by atoms with E-state index in [1.165, 1.54) is 11.3 Å². The van der Waals surface area contributed by atoms with Gasteiger partial charge in [-0.15, -0.1) is 11.8 Å². The molecule has 2 aliphatic rings. The molecule has 0 bridgehead atoms. The minimum Gasteiger partial charge on any atom is -0.335 e. The van der Waals surface area contributed by atoms with Gasteiger partial charge in [-0.2, -0.15) is 0 Å². The van der Waals surface area contributed by atoms with E-state index in [1.807, 2.05) is 30.0 Å². The molecule has 1 saturated heterocycles. The Labute approximate surface area is 134 Å². The molecule has 0 aliphatic carbocycles. The molecule has 1 N–H and O–H groups in total. The Hall–Kier alpha value is 0.120. The van der Waals surface area contributed by atoms with E-state index in [4.69, 9.17) is 11.6 Å². The Morgan fingerprint density at radius 2 is 2.47 bits per heavy atom. The lowest BCUT2D eigenvalue weighted by atomic mass is 10.1. The van der Waals surface area contributed by atoms with E-state index in [0.29, 0.717) is 4.28 Å². The van der Waals surface area contributed by atoms with Crippen LogP contribution in [-0.2, 0) is 6.54 Å². The van der Waals surface area contributed by atoms with Crippen LogP contribution in [-0.4, -0.2) is 32.5 Å². The van der Waals surface area contributed by atoms with Crippen molar-refractivity contribution in [3.8, 4) is 0 Å². The molecule has 3 rings (SSSR count). The Morgan fingerprint density at radius 1 is 1.58 bits per heavy atom. The molecule has 0 saturated carbocycles. The highest BCUT2D eigenvalue weighted by Crippen LogP contribution is 2.31. The van der Waals surface area contributed by atoms with Crippen LogP contribution in [0.15, 0.2) is 23.2 Å². The molecular formula is C12H13BrClN3S2. The van der Waals surface area contributed by atoms with Crippen LogP contribution in [0, 0.1) is 0 Å². The number of alkyl halides is 1. The van der Waals surface area contributed by atoms with Gasteiger partial charge in [0.25, 0.3) is 0 Å². The summed E-state index contributed by atoms with van der Waals surface area (Å²) in [4.78, 5) is 6.96. The molecule has 1 aromatic rings. The summed E-state index contributed by atoms with van der Waals surface area (Å²) in [5, 5.41) is 5.09. The van der Waals surface area contributed by atoms with Gasteiger partial charge in [0.05, 0.1) is 12.4 Å². The zero-order chi connectivity index (χ0) is 13.2. The van der Waals surface area contributed by atoms with E-state index in [9.17, 15) is 0 Å². The Morgan fingerprint density at radius 3 is 3.26 bits per heavy atom. The van der Waals surface area contributed by atoms with Gasteiger partial charge in [-0.05, 0) is 17.7 Å². The van der Waals surface area contributed by atoms with E-state index in [1.54, 1.807) is 11.8 Å². The Balaban J connectivity index is 1.60. The molecule has 102 valence electrons. The molecular weight excluding hydrogens is 366 g/mol. The average Bonchev–Trinajstić information content (AvgIpc) is 2.81. The summed E-state index contributed by atoms with van der Waals surface area (Å²) < 4.78 is 0.436. The van der Waals surface area contributed by atoms with Crippen LogP contribution in [0.1, 0.15) is 5.56 Å². The van der Waals surface area contributed by atoms with Crippen LogP contribution >= 0.6 is 51.1 Å². The predicted octanol–water partition coefficient (Wildman–Crippen LogP) is 4.04. The smallest absolute Gasteiger partial charge is 0.162 e. The number of nitrogens with zero attached hydrogens (tertiary/aromatic N) is 2. The lowest BCUT2D eigenvalue weighted by Crippen LogP contribution is -2.26. The molecule has 1 atom stereocenters. The molecule has 19 heavy (non-hydrogen) atoms. The molecule has 0 amide bonds. The first-order valence-corrected chi connectivity index (χ1v) is 9.27. The third kappa shape index (κ3) is 3.42. The molecule has 0 aromatic heterocycles. The molecule has 1 aromatic carbocycles. The molecule has 3 nitrogen and oxygen atoms in total. The summed E-state index contributed by atoms with van der Waals surface area (Å²) >= 11 is 13.4. The largest absolute Gasteiger partial charge is 0.335 e. The van der Waals surface area contributed by atoms with Gasteiger partial charge in [-0.3, -0.25) is 9.89 Å². The van der Waals surface area contributed by atoms with Crippen LogP contribution < -0.4 is 5.32 Å². The first-order chi connectivity index (χ1) is 9.22. The SMILES string of the molecule is Clc1ccc2c(c1)NC(SCN1CCSC1Br)=NC2. The normalized spacial score (nSPS) is 22.8. The Bertz CT molecular complexity index is 512. The van der Waals surface area contributed by atoms with E-state index in [-0.39, 0.29) is 0 Å². The van der Waals surface area contributed by atoms with Crippen molar-refractivity contribution >= 4 is 61.9 Å². The van der Waals surface area contributed by atoms with Crippen LogP contribution in [0.4, 0.5) is 5.69 Å². The molecule has 7 heteroatoms. The van der Waals surface area contributed by atoms with Gasteiger partial charge in [-0.1, -0.05) is 45.4 Å². The predicted molar refractivity (Wildman–Crippen MR) is 90.6 cm³/mol. The van der Waals surface area contributed by atoms with Crippen molar-refractivity contribution in [2.45, 2.75) is 10.8 Å². The number of nitrogens with one attached hydrogen (secondary N) is 1. The van der Waals surface area contributed by atoms with Gasteiger partial charge in [-0.25, -0.2) is 0 Å². The van der Waals surface area contributed by atoms with Crippen molar-refractivity contribution in [2.75, 3.05) is 23.5 Å². The van der Waals surface area contributed by atoms with Gasteiger partial charge in [0.2, 0.25) is 0 Å². The Kier molecular flexibility index (Phi) is 4.64. The van der Waals surface area contributed by atoms with E-state index >= 15 is 0 Å². The van der Waals surface area contributed by atoms with E-state index in [2.05, 4.69) is 31.1 Å². The van der Waals surface area contributed by atoms with Gasteiger partial charge >= 0.3 is 0 Å². The maximum absolute atomic E-state index is 6.02. The van der Waals surface area contributed by atoms with Gasteiger partial charge in [0.1, 0.15) is 4.28 Å². The second kappa shape index (κ2) is 6.26. The minimum absolute atomic E-state index is 0.436. The summed E-state index contributed by atoms with van der Waals surface area (Å²) in [5.74, 6) is 2.14. The number of rotatable bonds is 2. The number of benzene rings is 1. The number of anilines is 1. The number of hydrogen-bond acceptors (Lipinski definition) is 5. The summed E-state index contributed by atoms with van der Waals surface area (Å²) in [6, 6.07) is 5.90. The summed E-state index contributed by atoms with van der Waals surface area (Å²) in [5.41, 5.74) is 2.28. The van der Waals surface area contributed by atoms with Crippen LogP contribution in [0.3, 0.4) is 0 Å². The third-order valence-electron chi connectivity index (χ3n) is 2.99. The molecule has 0 radical (unpaired) electrons. The molecule has 2 aliphatic heterocycles. The van der Waals surface area contributed by atoms with Crippen molar-refractivity contribution in [3.05, 3.63) is 28.8 Å². The zero-order valence-electron chi connectivity index (χ0n) is 10.1. The molecule has 2 heterocycles. The standard InChI is InChI=1S/C12H13BrClN3S2/c13-11-17(3-4-18-11)7-19-12-15-6-8-1-2-9(14)5-10(8)16-12/h1-2,5,11H,3-4,6-7H2,(H,15,16). The fourth-order valence-corrected chi connectivity index (χ4v) is 5.14. The van der Waals surface area contributed by atoms with Gasteiger partial charge in [0.15, 0.2) is 5.17 Å². The summed E-state index contributed by atoms with van der Waals surface area (Å²) in [6.45, 7) is 1.86. The lowest BCUT2D eigenvalue weighted by molar-refractivity contribution is 0.405. The zero-order valence-corrected chi connectivity index (χ0v) is 14.1. The molecule has 0 spiro atoms. The second-order valence-electron chi connectivity index (χ2n) is 4.30.